The second-order valence-electron chi connectivity index (χ2n) is 11.1. The van der Waals surface area contributed by atoms with Crippen LogP contribution in [0.25, 0.3) is 0 Å². The average Bonchev–Trinajstić information content (AvgIpc) is 2.99. The number of allylic oxidation sites excluding steroid dienone is 1. The summed E-state index contributed by atoms with van der Waals surface area (Å²) in [4.78, 5) is 12.3. The van der Waals surface area contributed by atoms with Crippen LogP contribution < -0.4 is 5.30 Å². The zero-order valence-electron chi connectivity index (χ0n) is 19.1. The average molecular weight is 435 g/mol. The first kappa shape index (κ1) is 21.4. The highest BCUT2D eigenvalue weighted by Crippen LogP contribution is 2.70. The van der Waals surface area contributed by atoms with E-state index in [4.69, 9.17) is 0 Å². The lowest BCUT2D eigenvalue weighted by Gasteiger charge is -2.61. The fraction of sp³-hybridized carbons (Fsp3) is 0.607. The van der Waals surface area contributed by atoms with Gasteiger partial charge in [-0.15, -0.1) is 15.2 Å². The van der Waals surface area contributed by atoms with E-state index in [2.05, 4.69) is 59.2 Å². The zero-order valence-corrected chi connectivity index (χ0v) is 20.2. The minimum absolute atomic E-state index is 0.0802. The highest BCUT2D eigenvalue weighted by molar-refractivity contribution is 7.27. The number of fused-ring (bicyclic) bond motifs is 5. The van der Waals surface area contributed by atoms with Crippen LogP contribution in [0, 0.1) is 40.4 Å². The monoisotopic (exact) mass is 434 g/mol. The Kier molecular flexibility index (Phi) is 5.04. The van der Waals surface area contributed by atoms with E-state index in [0.29, 0.717) is 35.9 Å². The van der Waals surface area contributed by atoms with E-state index in [1.165, 1.54) is 16.4 Å². The van der Waals surface area contributed by atoms with Crippen molar-refractivity contribution in [2.24, 2.45) is 28.6 Å². The van der Waals surface area contributed by atoms with Gasteiger partial charge in [0.25, 0.3) is 0 Å². The van der Waals surface area contributed by atoms with Crippen LogP contribution in [0.1, 0.15) is 77.2 Å². The van der Waals surface area contributed by atoms with Gasteiger partial charge in [0.15, 0.2) is 5.78 Å². The van der Waals surface area contributed by atoms with Crippen LogP contribution in [0.5, 0.6) is 0 Å². The number of hydrogen-bond donors (Lipinski definition) is 1. The molecule has 3 saturated carbocycles. The Bertz CT molecular complexity index is 1020. The quantitative estimate of drug-likeness (QED) is 0.489. The number of hydrogen-bond acceptors (Lipinski definition) is 2. The second kappa shape index (κ2) is 7.30. The number of ketones is 1. The molecule has 1 aromatic carbocycles. The molecule has 0 radical (unpaired) electrons. The van der Waals surface area contributed by atoms with Gasteiger partial charge in [0, 0.05) is 11.8 Å². The van der Waals surface area contributed by atoms with E-state index in [1.807, 2.05) is 13.0 Å². The first-order valence-electron chi connectivity index (χ1n) is 12.0. The number of carbonyl (C=O) groups is 1. The van der Waals surface area contributed by atoms with Gasteiger partial charge >= 0.3 is 0 Å². The van der Waals surface area contributed by atoms with Gasteiger partial charge in [-0.2, -0.15) is 0 Å². The number of rotatable bonds is 1. The summed E-state index contributed by atoms with van der Waals surface area (Å²) in [6, 6.07) is 8.92. The smallest absolute Gasteiger partial charge is 0.155 e. The highest BCUT2D eigenvalue weighted by atomic mass is 31.0. The molecule has 0 aromatic heterocycles. The summed E-state index contributed by atoms with van der Waals surface area (Å²) in [5.74, 6) is 8.57. The molecule has 5 rings (SSSR count). The molecule has 1 unspecified atom stereocenters. The lowest BCUT2D eigenvalue weighted by Crippen LogP contribution is -2.57. The SMILES string of the molecule is CC#C[C@]1(O)CC[C@H]2[C@@H]3CCC4=CC(=O)CC[C@]4(C)[C@H]3[C@H](c3cccc(P)c3)C[C@@]21C. The molecule has 1 aromatic rings. The maximum absolute atomic E-state index is 12.3. The largest absolute Gasteiger partial charge is 0.377 e. The molecule has 31 heavy (non-hydrogen) atoms. The molecule has 164 valence electrons. The van der Waals surface area contributed by atoms with E-state index in [-0.39, 0.29) is 10.8 Å². The van der Waals surface area contributed by atoms with Gasteiger partial charge < -0.3 is 5.11 Å². The fourth-order valence-corrected chi connectivity index (χ4v) is 8.58. The predicted octanol–water partition coefficient (Wildman–Crippen LogP) is 5.17. The van der Waals surface area contributed by atoms with Gasteiger partial charge in [-0.3, -0.25) is 4.79 Å². The molecule has 0 saturated heterocycles. The van der Waals surface area contributed by atoms with E-state index >= 15 is 0 Å². The zero-order chi connectivity index (χ0) is 22.0. The predicted molar refractivity (Wildman–Crippen MR) is 129 cm³/mol. The topological polar surface area (TPSA) is 37.3 Å². The van der Waals surface area contributed by atoms with Crippen LogP contribution in [-0.4, -0.2) is 16.5 Å². The summed E-state index contributed by atoms with van der Waals surface area (Å²) >= 11 is 0. The lowest BCUT2D eigenvalue weighted by molar-refractivity contribution is -0.122. The molecule has 0 aliphatic heterocycles. The van der Waals surface area contributed by atoms with Crippen molar-refractivity contribution >= 4 is 20.3 Å². The minimum atomic E-state index is -0.895. The molecule has 0 heterocycles. The van der Waals surface area contributed by atoms with Crippen molar-refractivity contribution < 1.29 is 9.90 Å². The Hall–Kier alpha value is -1.42. The number of aliphatic hydroxyl groups is 1. The van der Waals surface area contributed by atoms with Crippen molar-refractivity contribution in [2.45, 2.75) is 77.2 Å². The molecule has 1 N–H and O–H groups in total. The molecule has 4 aliphatic carbocycles. The van der Waals surface area contributed by atoms with Crippen LogP contribution >= 0.6 is 9.24 Å². The summed E-state index contributed by atoms with van der Waals surface area (Å²) in [6.07, 6.45) is 8.61. The molecule has 3 heteroatoms. The van der Waals surface area contributed by atoms with Crippen molar-refractivity contribution in [1.29, 1.82) is 0 Å². The maximum Gasteiger partial charge on any atom is 0.155 e. The van der Waals surface area contributed by atoms with Gasteiger partial charge in [-0.1, -0.05) is 49.6 Å². The van der Waals surface area contributed by atoms with Crippen molar-refractivity contribution in [2.75, 3.05) is 0 Å². The van der Waals surface area contributed by atoms with Gasteiger partial charge in [0.2, 0.25) is 0 Å². The van der Waals surface area contributed by atoms with Crippen LogP contribution in [-0.2, 0) is 4.79 Å². The molecule has 0 spiro atoms. The lowest BCUT2D eigenvalue weighted by atomic mass is 9.43. The second-order valence-corrected chi connectivity index (χ2v) is 11.7. The number of benzene rings is 1. The van der Waals surface area contributed by atoms with Gasteiger partial charge in [-0.25, -0.2) is 0 Å². The molecule has 0 amide bonds. The molecular weight excluding hydrogens is 399 g/mol. The third-order valence-corrected chi connectivity index (χ3v) is 10.1. The molecule has 4 aliphatic rings. The maximum atomic E-state index is 12.3. The van der Waals surface area contributed by atoms with E-state index in [0.717, 1.165) is 38.5 Å². The van der Waals surface area contributed by atoms with Crippen LogP contribution in [0.4, 0.5) is 0 Å². The number of carbonyl (C=O) groups excluding carboxylic acids is 1. The summed E-state index contributed by atoms with van der Waals surface area (Å²) < 4.78 is 0. The van der Waals surface area contributed by atoms with E-state index in [9.17, 15) is 9.90 Å². The van der Waals surface area contributed by atoms with Crippen LogP contribution in [0.15, 0.2) is 35.9 Å². The molecule has 8 atom stereocenters. The van der Waals surface area contributed by atoms with Crippen molar-refractivity contribution in [3.63, 3.8) is 0 Å². The summed E-state index contributed by atoms with van der Waals surface area (Å²) in [5, 5.41) is 13.0. The normalized spacial score (nSPS) is 43.8. The van der Waals surface area contributed by atoms with E-state index in [1.54, 1.807) is 0 Å². The Morgan fingerprint density at radius 2 is 1.97 bits per heavy atom. The third-order valence-electron chi connectivity index (χ3n) is 9.75. The Labute approximate surface area is 189 Å². The Balaban J connectivity index is 1.67. The van der Waals surface area contributed by atoms with Gasteiger partial charge in [-0.05, 0) is 91.5 Å². The Morgan fingerprint density at radius 3 is 2.71 bits per heavy atom. The summed E-state index contributed by atoms with van der Waals surface area (Å²) in [6.45, 7) is 6.61. The van der Waals surface area contributed by atoms with Gasteiger partial charge in [0.1, 0.15) is 5.60 Å². The van der Waals surface area contributed by atoms with Gasteiger partial charge in [0.05, 0.1) is 0 Å². The summed E-state index contributed by atoms with van der Waals surface area (Å²) in [7, 11) is 2.85. The van der Waals surface area contributed by atoms with Crippen LogP contribution in [0.3, 0.4) is 0 Å². The molecule has 3 fully saturated rings. The van der Waals surface area contributed by atoms with Crippen molar-refractivity contribution in [3.8, 4) is 11.8 Å². The molecule has 2 nitrogen and oxygen atoms in total. The molecule has 0 bridgehead atoms. The van der Waals surface area contributed by atoms with E-state index < -0.39 is 5.60 Å². The first-order chi connectivity index (χ1) is 14.7. The van der Waals surface area contributed by atoms with Crippen molar-refractivity contribution in [3.05, 3.63) is 41.5 Å². The fourth-order valence-electron chi connectivity index (χ4n) is 8.27. The third kappa shape index (κ3) is 3.03. The van der Waals surface area contributed by atoms with Crippen LogP contribution in [0.2, 0.25) is 0 Å². The summed E-state index contributed by atoms with van der Waals surface area (Å²) in [5.41, 5.74) is 1.77. The molecular formula is C28H35O2P. The minimum Gasteiger partial charge on any atom is -0.377 e. The van der Waals surface area contributed by atoms with Crippen molar-refractivity contribution in [1.82, 2.24) is 0 Å². The first-order valence-corrected chi connectivity index (χ1v) is 12.6. The standard InChI is InChI=1S/C28H35O2P/c1-4-12-28(30)14-11-24-22-9-8-19-16-20(29)10-13-26(19,2)25(22)23(17-27(24,28)3)18-6-5-7-21(31)15-18/h5-7,15-16,22-25,30H,8-11,13-14,17,31H2,1-3H3/t22-,23-,24-,25+,26-,27-,28-/m0/s1. The highest BCUT2D eigenvalue weighted by Gasteiger charge is 2.66. The Morgan fingerprint density at radius 1 is 1.16 bits per heavy atom.